The van der Waals surface area contributed by atoms with Gasteiger partial charge in [0.2, 0.25) is 15.9 Å². The Kier molecular flexibility index (Phi) is 5.81. The molecule has 0 atom stereocenters. The smallest absolute Gasteiger partial charge is 0.243 e. The molecule has 1 heterocycles. The average Bonchev–Trinajstić information content (AvgIpc) is 2.76. The fourth-order valence-corrected chi connectivity index (χ4v) is 4.33. The zero-order chi connectivity index (χ0) is 17.0. The number of hydrogen-bond donors (Lipinski definition) is 0. The highest BCUT2D eigenvalue weighted by Crippen LogP contribution is 2.20. The second kappa shape index (κ2) is 7.45. The highest BCUT2D eigenvalue weighted by molar-refractivity contribution is 7.89. The lowest BCUT2D eigenvalue weighted by Gasteiger charge is -2.22. The van der Waals surface area contributed by atoms with E-state index in [2.05, 4.69) is 0 Å². The van der Waals surface area contributed by atoms with Crippen LogP contribution in [-0.4, -0.2) is 49.7 Å². The molecule has 0 bridgehead atoms. The van der Waals surface area contributed by atoms with Crippen LogP contribution in [0, 0.1) is 13.8 Å². The van der Waals surface area contributed by atoms with Gasteiger partial charge in [-0.2, -0.15) is 4.31 Å². The van der Waals surface area contributed by atoms with E-state index in [1.54, 1.807) is 17.0 Å². The summed E-state index contributed by atoms with van der Waals surface area (Å²) in [6, 6.07) is 5.25. The van der Waals surface area contributed by atoms with E-state index in [1.807, 2.05) is 26.8 Å². The third-order valence-electron chi connectivity index (χ3n) is 4.39. The number of nitrogens with zero attached hydrogens (tertiary/aromatic N) is 2. The molecular weight excluding hydrogens is 312 g/mol. The van der Waals surface area contributed by atoms with E-state index < -0.39 is 10.0 Å². The maximum Gasteiger partial charge on any atom is 0.243 e. The van der Waals surface area contributed by atoms with Crippen LogP contribution in [0.1, 0.15) is 37.3 Å². The van der Waals surface area contributed by atoms with E-state index in [-0.39, 0.29) is 5.91 Å². The zero-order valence-electron chi connectivity index (χ0n) is 14.2. The monoisotopic (exact) mass is 338 g/mol. The molecule has 128 valence electrons. The van der Waals surface area contributed by atoms with Crippen LogP contribution < -0.4 is 0 Å². The van der Waals surface area contributed by atoms with Crippen molar-refractivity contribution in [2.24, 2.45) is 0 Å². The van der Waals surface area contributed by atoms with Gasteiger partial charge in [-0.25, -0.2) is 8.42 Å². The lowest BCUT2D eigenvalue weighted by Crippen LogP contribution is -2.37. The van der Waals surface area contributed by atoms with Gasteiger partial charge in [-0.3, -0.25) is 4.79 Å². The van der Waals surface area contributed by atoms with Gasteiger partial charge in [-0.05, 0) is 49.9 Å². The largest absolute Gasteiger partial charge is 0.341 e. The van der Waals surface area contributed by atoms with Crippen molar-refractivity contribution in [1.29, 1.82) is 0 Å². The van der Waals surface area contributed by atoms with E-state index in [1.165, 1.54) is 4.31 Å². The first kappa shape index (κ1) is 17.9. The third kappa shape index (κ3) is 4.12. The van der Waals surface area contributed by atoms with Gasteiger partial charge < -0.3 is 4.90 Å². The first-order valence-corrected chi connectivity index (χ1v) is 9.65. The summed E-state index contributed by atoms with van der Waals surface area (Å²) in [4.78, 5) is 14.2. The van der Waals surface area contributed by atoms with Crippen molar-refractivity contribution in [3.05, 3.63) is 29.3 Å². The number of carbonyl (C=O) groups is 1. The number of hydrogen-bond acceptors (Lipinski definition) is 3. The Morgan fingerprint density at radius 1 is 1.09 bits per heavy atom. The summed E-state index contributed by atoms with van der Waals surface area (Å²) in [6.07, 6.45) is 2.03. The molecule has 1 fully saturated rings. The normalized spacial score (nSPS) is 17.1. The topological polar surface area (TPSA) is 57.7 Å². The molecule has 0 radical (unpaired) electrons. The molecule has 2 rings (SSSR count). The van der Waals surface area contributed by atoms with Crippen LogP contribution >= 0.6 is 0 Å². The van der Waals surface area contributed by atoms with Crippen LogP contribution in [0.15, 0.2) is 23.1 Å². The van der Waals surface area contributed by atoms with Crippen LogP contribution in [0.4, 0.5) is 0 Å². The summed E-state index contributed by atoms with van der Waals surface area (Å²) in [5, 5.41) is 0. The molecule has 6 heteroatoms. The molecule has 0 saturated carbocycles. The molecule has 23 heavy (non-hydrogen) atoms. The van der Waals surface area contributed by atoms with Crippen LogP contribution in [0.25, 0.3) is 0 Å². The standard InChI is InChI=1S/C17H26N2O3S/c1-4-6-17(20)18-9-5-10-19(12-11-18)23(21,22)16-8-7-14(2)15(3)13-16/h7-8,13H,4-6,9-12H2,1-3H3. The van der Waals surface area contributed by atoms with E-state index >= 15 is 0 Å². The first-order chi connectivity index (χ1) is 10.9. The molecule has 1 aliphatic rings. The summed E-state index contributed by atoms with van der Waals surface area (Å²) in [7, 11) is -3.49. The number of amides is 1. The molecule has 0 spiro atoms. The lowest BCUT2D eigenvalue weighted by atomic mass is 10.1. The Morgan fingerprint density at radius 2 is 1.83 bits per heavy atom. The predicted octanol–water partition coefficient (Wildman–Crippen LogP) is 2.33. The Balaban J connectivity index is 2.14. The summed E-state index contributed by atoms with van der Waals surface area (Å²) in [5.74, 6) is 0.123. The molecule has 1 aromatic carbocycles. The SMILES string of the molecule is CCCC(=O)N1CCCN(S(=O)(=O)c2ccc(C)c(C)c2)CC1. The molecule has 1 saturated heterocycles. The van der Waals surface area contributed by atoms with Crippen LogP contribution in [0.5, 0.6) is 0 Å². The van der Waals surface area contributed by atoms with Gasteiger partial charge in [0, 0.05) is 32.6 Å². The number of aryl methyl sites for hydroxylation is 2. The molecule has 1 aliphatic heterocycles. The van der Waals surface area contributed by atoms with Crippen molar-refractivity contribution < 1.29 is 13.2 Å². The number of benzene rings is 1. The van der Waals surface area contributed by atoms with Gasteiger partial charge in [-0.15, -0.1) is 0 Å². The van der Waals surface area contributed by atoms with E-state index in [9.17, 15) is 13.2 Å². The lowest BCUT2D eigenvalue weighted by molar-refractivity contribution is -0.131. The minimum atomic E-state index is -3.49. The maximum absolute atomic E-state index is 12.8. The van der Waals surface area contributed by atoms with E-state index in [0.29, 0.717) is 43.9 Å². The van der Waals surface area contributed by atoms with E-state index in [0.717, 1.165) is 17.5 Å². The van der Waals surface area contributed by atoms with Gasteiger partial charge in [0.05, 0.1) is 4.90 Å². The fraction of sp³-hybridized carbons (Fsp3) is 0.588. The minimum absolute atomic E-state index is 0.123. The van der Waals surface area contributed by atoms with Crippen molar-refractivity contribution >= 4 is 15.9 Å². The van der Waals surface area contributed by atoms with Gasteiger partial charge >= 0.3 is 0 Å². The Hall–Kier alpha value is -1.40. The van der Waals surface area contributed by atoms with Crippen LogP contribution in [-0.2, 0) is 14.8 Å². The molecule has 0 N–H and O–H groups in total. The quantitative estimate of drug-likeness (QED) is 0.846. The molecule has 0 aromatic heterocycles. The van der Waals surface area contributed by atoms with Crippen molar-refractivity contribution in [3.8, 4) is 0 Å². The van der Waals surface area contributed by atoms with Crippen molar-refractivity contribution in [2.45, 2.75) is 44.9 Å². The summed E-state index contributed by atoms with van der Waals surface area (Å²) < 4.78 is 27.2. The van der Waals surface area contributed by atoms with Crippen LogP contribution in [0.3, 0.4) is 0 Å². The number of carbonyl (C=O) groups excluding carboxylic acids is 1. The molecule has 1 aromatic rings. The molecule has 0 aliphatic carbocycles. The molecule has 5 nitrogen and oxygen atoms in total. The van der Waals surface area contributed by atoms with Crippen molar-refractivity contribution in [3.63, 3.8) is 0 Å². The second-order valence-corrected chi connectivity index (χ2v) is 8.07. The van der Waals surface area contributed by atoms with Gasteiger partial charge in [-0.1, -0.05) is 13.0 Å². The molecular formula is C17H26N2O3S. The molecule has 1 amide bonds. The Morgan fingerprint density at radius 3 is 2.48 bits per heavy atom. The van der Waals surface area contributed by atoms with Gasteiger partial charge in [0.1, 0.15) is 0 Å². The summed E-state index contributed by atoms with van der Waals surface area (Å²) >= 11 is 0. The highest BCUT2D eigenvalue weighted by Gasteiger charge is 2.28. The van der Waals surface area contributed by atoms with Crippen molar-refractivity contribution in [2.75, 3.05) is 26.2 Å². The number of rotatable bonds is 4. The zero-order valence-corrected chi connectivity index (χ0v) is 15.0. The van der Waals surface area contributed by atoms with Crippen LogP contribution in [0.2, 0.25) is 0 Å². The predicted molar refractivity (Wildman–Crippen MR) is 90.8 cm³/mol. The van der Waals surface area contributed by atoms with E-state index in [4.69, 9.17) is 0 Å². The summed E-state index contributed by atoms with van der Waals surface area (Å²) in [6.45, 7) is 7.81. The van der Waals surface area contributed by atoms with Crippen molar-refractivity contribution in [1.82, 2.24) is 9.21 Å². The maximum atomic E-state index is 12.8. The first-order valence-electron chi connectivity index (χ1n) is 8.21. The average molecular weight is 338 g/mol. The second-order valence-electron chi connectivity index (χ2n) is 6.13. The molecule has 0 unspecified atom stereocenters. The Labute approximate surface area is 139 Å². The van der Waals surface area contributed by atoms with Gasteiger partial charge in [0.15, 0.2) is 0 Å². The third-order valence-corrected chi connectivity index (χ3v) is 6.28. The summed E-state index contributed by atoms with van der Waals surface area (Å²) in [5.41, 5.74) is 2.05. The number of sulfonamides is 1. The fourth-order valence-electron chi connectivity index (χ4n) is 2.78. The minimum Gasteiger partial charge on any atom is -0.341 e. The van der Waals surface area contributed by atoms with Gasteiger partial charge in [0.25, 0.3) is 0 Å². The highest BCUT2D eigenvalue weighted by atomic mass is 32.2. The Bertz CT molecular complexity index is 670.